The minimum absolute atomic E-state index is 0.0700. The second-order valence-electron chi connectivity index (χ2n) is 6.33. The van der Waals surface area contributed by atoms with E-state index in [0.29, 0.717) is 17.8 Å². The summed E-state index contributed by atoms with van der Waals surface area (Å²) in [6, 6.07) is 0.631. The Bertz CT molecular complexity index is 568. The Hall–Kier alpha value is -1.95. The van der Waals surface area contributed by atoms with E-state index in [1.165, 1.54) is 0 Å². The monoisotopic (exact) mass is 289 g/mol. The summed E-state index contributed by atoms with van der Waals surface area (Å²) in [6.45, 7) is 11.2. The normalized spacial score (nSPS) is 11.9. The van der Waals surface area contributed by atoms with E-state index in [1.807, 2.05) is 10.9 Å². The Morgan fingerprint density at radius 2 is 1.86 bits per heavy atom. The molecule has 0 amide bonds. The fourth-order valence-corrected chi connectivity index (χ4v) is 1.62. The maximum atomic E-state index is 5.58. The lowest BCUT2D eigenvalue weighted by Gasteiger charge is -2.20. The minimum atomic E-state index is 0.0700. The molecule has 1 N–H and O–H groups in total. The van der Waals surface area contributed by atoms with Gasteiger partial charge < -0.3 is 10.1 Å². The van der Waals surface area contributed by atoms with E-state index >= 15 is 0 Å². The zero-order valence-corrected chi connectivity index (χ0v) is 13.3. The van der Waals surface area contributed by atoms with Gasteiger partial charge in [0.25, 0.3) is 0 Å². The molecule has 0 spiro atoms. The molecule has 0 aliphatic heterocycles. The molecule has 0 radical (unpaired) electrons. The molecule has 0 bridgehead atoms. The zero-order chi connectivity index (χ0) is 15.5. The van der Waals surface area contributed by atoms with Gasteiger partial charge in [0, 0.05) is 36.1 Å². The van der Waals surface area contributed by atoms with Crippen molar-refractivity contribution in [3.05, 3.63) is 30.4 Å². The molecule has 2 rings (SSSR count). The van der Waals surface area contributed by atoms with Crippen molar-refractivity contribution >= 4 is 0 Å². The van der Waals surface area contributed by atoms with Crippen molar-refractivity contribution in [2.45, 2.75) is 52.7 Å². The number of nitrogens with zero attached hydrogens (tertiary/aromatic N) is 4. The first kappa shape index (κ1) is 15.4. The number of rotatable bonds is 5. The van der Waals surface area contributed by atoms with Gasteiger partial charge in [0.1, 0.15) is 0 Å². The highest BCUT2D eigenvalue weighted by Gasteiger charge is 2.09. The van der Waals surface area contributed by atoms with Gasteiger partial charge in [-0.25, -0.2) is 9.97 Å². The highest BCUT2D eigenvalue weighted by atomic mass is 16.5. The summed E-state index contributed by atoms with van der Waals surface area (Å²) in [5.74, 6) is 0.643. The molecule has 0 aliphatic carbocycles. The average Bonchev–Trinajstić information content (AvgIpc) is 2.86. The molecule has 21 heavy (non-hydrogen) atoms. The predicted octanol–water partition coefficient (Wildman–Crippen LogP) is 2.93. The first-order valence-corrected chi connectivity index (χ1v) is 7.11. The van der Waals surface area contributed by atoms with Crippen molar-refractivity contribution in [2.24, 2.45) is 0 Å². The van der Waals surface area contributed by atoms with Gasteiger partial charge in [-0.05, 0) is 34.6 Å². The second-order valence-corrected chi connectivity index (χ2v) is 6.33. The van der Waals surface area contributed by atoms with Crippen molar-refractivity contribution < 1.29 is 4.74 Å². The van der Waals surface area contributed by atoms with Crippen LogP contribution in [0.5, 0.6) is 11.8 Å². The minimum Gasteiger partial charge on any atom is -0.421 e. The highest BCUT2D eigenvalue weighted by Crippen LogP contribution is 2.18. The van der Waals surface area contributed by atoms with Crippen LogP contribution in [0.1, 0.15) is 46.2 Å². The van der Waals surface area contributed by atoms with Crippen LogP contribution in [0.3, 0.4) is 0 Å². The molecule has 0 aromatic carbocycles. The second kappa shape index (κ2) is 6.22. The summed E-state index contributed by atoms with van der Waals surface area (Å²) in [5.41, 5.74) is 1.09. The summed E-state index contributed by atoms with van der Waals surface area (Å²) >= 11 is 0. The molecule has 2 heterocycles. The van der Waals surface area contributed by atoms with E-state index in [0.717, 1.165) is 12.1 Å². The van der Waals surface area contributed by atoms with Crippen molar-refractivity contribution in [3.8, 4) is 11.8 Å². The van der Waals surface area contributed by atoms with E-state index in [4.69, 9.17) is 4.74 Å². The molecular formula is C15H23N5O. The molecule has 114 valence electrons. The summed E-state index contributed by atoms with van der Waals surface area (Å²) in [7, 11) is 0. The summed E-state index contributed by atoms with van der Waals surface area (Å²) in [4.78, 5) is 8.44. The molecule has 6 heteroatoms. The zero-order valence-electron chi connectivity index (χ0n) is 13.3. The van der Waals surface area contributed by atoms with Gasteiger partial charge in [0.15, 0.2) is 5.75 Å². The fraction of sp³-hybridized carbons (Fsp3) is 0.533. The molecule has 0 unspecified atom stereocenters. The van der Waals surface area contributed by atoms with Crippen LogP contribution in [0.4, 0.5) is 0 Å². The van der Waals surface area contributed by atoms with Crippen LogP contribution in [0.25, 0.3) is 0 Å². The molecular weight excluding hydrogens is 266 g/mol. The number of aromatic nitrogens is 4. The summed E-state index contributed by atoms with van der Waals surface area (Å²) in [6.07, 6.45) is 7.05. The number of nitrogens with one attached hydrogen (secondary N) is 1. The van der Waals surface area contributed by atoms with E-state index in [-0.39, 0.29) is 5.54 Å². The SMILES string of the molecule is CC(C)n1cc(Oc2ncc(CNC(C)(C)C)cn2)cn1. The van der Waals surface area contributed by atoms with Gasteiger partial charge in [-0.15, -0.1) is 0 Å². The van der Waals surface area contributed by atoms with Gasteiger partial charge >= 0.3 is 6.01 Å². The third-order valence-corrected chi connectivity index (χ3v) is 2.82. The van der Waals surface area contributed by atoms with Crippen molar-refractivity contribution in [1.82, 2.24) is 25.1 Å². The summed E-state index contributed by atoms with van der Waals surface area (Å²) in [5, 5.41) is 7.60. The largest absolute Gasteiger partial charge is 0.421 e. The van der Waals surface area contributed by atoms with Crippen molar-refractivity contribution in [1.29, 1.82) is 0 Å². The van der Waals surface area contributed by atoms with E-state index in [1.54, 1.807) is 18.6 Å². The molecule has 0 saturated carbocycles. The summed E-state index contributed by atoms with van der Waals surface area (Å²) < 4.78 is 7.41. The third kappa shape index (κ3) is 4.82. The molecule has 0 saturated heterocycles. The van der Waals surface area contributed by atoms with Gasteiger partial charge in [-0.1, -0.05) is 0 Å². The first-order chi connectivity index (χ1) is 9.83. The molecule has 0 fully saturated rings. The fourth-order valence-electron chi connectivity index (χ4n) is 1.62. The van der Waals surface area contributed by atoms with Gasteiger partial charge in [-0.2, -0.15) is 5.10 Å². The third-order valence-electron chi connectivity index (χ3n) is 2.82. The standard InChI is InChI=1S/C15H23N5O/c1-11(2)20-10-13(9-19-20)21-14-16-6-12(7-17-14)8-18-15(3,4)5/h6-7,9-11,18H,8H2,1-5H3. The lowest BCUT2D eigenvalue weighted by molar-refractivity contribution is 0.419. The number of hydrogen-bond acceptors (Lipinski definition) is 5. The first-order valence-electron chi connectivity index (χ1n) is 7.11. The highest BCUT2D eigenvalue weighted by molar-refractivity contribution is 5.18. The Kier molecular flexibility index (Phi) is 4.57. The molecule has 6 nitrogen and oxygen atoms in total. The van der Waals surface area contributed by atoms with Crippen LogP contribution in [0.15, 0.2) is 24.8 Å². The van der Waals surface area contributed by atoms with E-state index < -0.39 is 0 Å². The number of hydrogen-bond donors (Lipinski definition) is 1. The Balaban J connectivity index is 1.95. The van der Waals surface area contributed by atoms with Gasteiger partial charge in [0.05, 0.1) is 12.4 Å². The molecule has 2 aromatic heterocycles. The molecule has 2 aromatic rings. The average molecular weight is 289 g/mol. The van der Waals surface area contributed by atoms with Crippen LogP contribution >= 0.6 is 0 Å². The molecule has 0 atom stereocenters. The maximum Gasteiger partial charge on any atom is 0.321 e. The Morgan fingerprint density at radius 1 is 1.19 bits per heavy atom. The van der Waals surface area contributed by atoms with Crippen LogP contribution in [-0.2, 0) is 6.54 Å². The van der Waals surface area contributed by atoms with Gasteiger partial charge in [-0.3, -0.25) is 4.68 Å². The topological polar surface area (TPSA) is 64.9 Å². The van der Waals surface area contributed by atoms with Crippen LogP contribution in [-0.4, -0.2) is 25.3 Å². The smallest absolute Gasteiger partial charge is 0.321 e. The Morgan fingerprint density at radius 3 is 2.38 bits per heavy atom. The van der Waals surface area contributed by atoms with E-state index in [2.05, 4.69) is 55.0 Å². The van der Waals surface area contributed by atoms with E-state index in [9.17, 15) is 0 Å². The van der Waals surface area contributed by atoms with Crippen LogP contribution < -0.4 is 10.1 Å². The maximum absolute atomic E-state index is 5.58. The van der Waals surface area contributed by atoms with Crippen LogP contribution in [0, 0.1) is 0 Å². The van der Waals surface area contributed by atoms with Crippen molar-refractivity contribution in [3.63, 3.8) is 0 Å². The Labute approximate surface area is 125 Å². The molecule has 0 aliphatic rings. The lowest BCUT2D eigenvalue weighted by Crippen LogP contribution is -2.35. The van der Waals surface area contributed by atoms with Gasteiger partial charge in [0.2, 0.25) is 0 Å². The van der Waals surface area contributed by atoms with Crippen molar-refractivity contribution in [2.75, 3.05) is 0 Å². The lowest BCUT2D eigenvalue weighted by atomic mass is 10.1. The predicted molar refractivity (Wildman–Crippen MR) is 81.3 cm³/mol. The quantitative estimate of drug-likeness (QED) is 0.916. The van der Waals surface area contributed by atoms with Crippen LogP contribution in [0.2, 0.25) is 0 Å². The number of ether oxygens (including phenoxy) is 1.